The van der Waals surface area contributed by atoms with Gasteiger partial charge in [0.2, 0.25) is 0 Å². The lowest BCUT2D eigenvalue weighted by Crippen LogP contribution is -2.30. The van der Waals surface area contributed by atoms with Gasteiger partial charge >= 0.3 is 0 Å². The highest BCUT2D eigenvalue weighted by Crippen LogP contribution is 2.26. The highest BCUT2D eigenvalue weighted by molar-refractivity contribution is 7.80. The van der Waals surface area contributed by atoms with Crippen LogP contribution in [-0.2, 0) is 4.79 Å². The van der Waals surface area contributed by atoms with Gasteiger partial charge < -0.3 is 14.6 Å². The maximum atomic E-state index is 13.0. The minimum atomic E-state index is -0.445. The molecule has 0 spiro atoms. The summed E-state index contributed by atoms with van der Waals surface area (Å²) in [7, 11) is 0. The molecule has 1 N–H and O–H groups in total. The van der Waals surface area contributed by atoms with E-state index in [4.69, 9.17) is 17.0 Å². The Hall–Kier alpha value is -3.98. The maximum absolute atomic E-state index is 13.0. The fourth-order valence-corrected chi connectivity index (χ4v) is 3.56. The summed E-state index contributed by atoms with van der Waals surface area (Å²) < 4.78 is 7.27. The number of nitro groups is 1. The number of ether oxygens (including phenoxy) is 1. The monoisotopic (exact) mass is 434 g/mol. The topological polar surface area (TPSA) is 89.6 Å². The molecule has 1 fully saturated rings. The van der Waals surface area contributed by atoms with E-state index < -0.39 is 4.92 Å². The molecule has 2 aromatic carbocycles. The number of nitrogens with one attached hydrogen (secondary N) is 1. The summed E-state index contributed by atoms with van der Waals surface area (Å²) in [6, 6.07) is 17.0. The van der Waals surface area contributed by atoms with Crippen molar-refractivity contribution in [3.05, 3.63) is 88.4 Å². The van der Waals surface area contributed by atoms with E-state index in [2.05, 4.69) is 5.32 Å². The second-order valence-corrected chi connectivity index (χ2v) is 7.02. The van der Waals surface area contributed by atoms with Crippen molar-refractivity contribution in [3.8, 4) is 11.4 Å². The van der Waals surface area contributed by atoms with E-state index in [0.717, 1.165) is 11.4 Å². The second kappa shape index (κ2) is 8.41. The van der Waals surface area contributed by atoms with E-state index in [1.54, 1.807) is 42.5 Å². The minimum Gasteiger partial charge on any atom is -0.494 e. The van der Waals surface area contributed by atoms with Crippen LogP contribution in [-0.4, -0.2) is 27.1 Å². The number of hydrogen-bond donors (Lipinski definition) is 1. The molecule has 1 aliphatic heterocycles. The van der Waals surface area contributed by atoms with Gasteiger partial charge in [-0.15, -0.1) is 0 Å². The molecule has 156 valence electrons. The molecule has 0 atom stereocenters. The van der Waals surface area contributed by atoms with Crippen molar-refractivity contribution in [3.63, 3.8) is 0 Å². The lowest BCUT2D eigenvalue weighted by atomic mass is 10.2. The molecule has 0 bridgehead atoms. The number of aromatic nitrogens is 1. The predicted octanol–water partition coefficient (Wildman–Crippen LogP) is 4.05. The molecule has 0 saturated carbocycles. The molecule has 0 unspecified atom stereocenters. The zero-order valence-corrected chi connectivity index (χ0v) is 17.3. The highest BCUT2D eigenvalue weighted by atomic mass is 32.1. The van der Waals surface area contributed by atoms with Crippen LogP contribution in [0.5, 0.6) is 5.75 Å². The Balaban J connectivity index is 1.60. The van der Waals surface area contributed by atoms with Crippen molar-refractivity contribution in [2.75, 3.05) is 11.5 Å². The zero-order valence-electron chi connectivity index (χ0n) is 16.5. The zero-order chi connectivity index (χ0) is 22.0. The summed E-state index contributed by atoms with van der Waals surface area (Å²) in [5.41, 5.74) is 2.44. The number of thiocarbonyl (C=S) groups is 1. The number of non-ortho nitro benzene ring substituents is 1. The molecule has 1 aliphatic rings. The van der Waals surface area contributed by atoms with E-state index in [1.165, 1.54) is 17.0 Å². The van der Waals surface area contributed by atoms with Gasteiger partial charge in [0, 0.05) is 29.7 Å². The first-order valence-electron chi connectivity index (χ1n) is 9.50. The van der Waals surface area contributed by atoms with Crippen LogP contribution in [0.2, 0.25) is 0 Å². The largest absolute Gasteiger partial charge is 0.494 e. The quantitative estimate of drug-likeness (QED) is 0.273. The first kappa shape index (κ1) is 20.3. The Morgan fingerprint density at radius 2 is 1.77 bits per heavy atom. The highest BCUT2D eigenvalue weighted by Gasteiger charge is 2.32. The van der Waals surface area contributed by atoms with Gasteiger partial charge in [0.25, 0.3) is 11.6 Å². The van der Waals surface area contributed by atoms with Gasteiger partial charge in [-0.2, -0.15) is 0 Å². The van der Waals surface area contributed by atoms with E-state index in [1.807, 2.05) is 29.8 Å². The van der Waals surface area contributed by atoms with Crippen molar-refractivity contribution >= 4 is 40.7 Å². The summed E-state index contributed by atoms with van der Waals surface area (Å²) in [6.07, 6.45) is 3.51. The Morgan fingerprint density at radius 3 is 2.42 bits per heavy atom. The first-order valence-corrected chi connectivity index (χ1v) is 9.91. The van der Waals surface area contributed by atoms with Crippen LogP contribution in [0.25, 0.3) is 11.8 Å². The van der Waals surface area contributed by atoms with Crippen molar-refractivity contribution in [1.82, 2.24) is 9.88 Å². The van der Waals surface area contributed by atoms with Crippen LogP contribution < -0.4 is 15.0 Å². The van der Waals surface area contributed by atoms with E-state index in [-0.39, 0.29) is 16.7 Å². The van der Waals surface area contributed by atoms with Crippen LogP contribution in [0, 0.1) is 10.1 Å². The average Bonchev–Trinajstić information content (AvgIpc) is 3.33. The third-order valence-electron chi connectivity index (χ3n) is 4.70. The first-order chi connectivity index (χ1) is 15.0. The van der Waals surface area contributed by atoms with Gasteiger partial charge in [0.05, 0.1) is 17.2 Å². The molecule has 3 aromatic rings. The Bertz CT molecular complexity index is 1180. The number of nitrogens with zero attached hydrogens (tertiary/aromatic N) is 3. The Labute approximate surface area is 183 Å². The van der Waals surface area contributed by atoms with Crippen LogP contribution in [0.15, 0.2) is 72.6 Å². The number of nitro benzene ring substituents is 1. The summed E-state index contributed by atoms with van der Waals surface area (Å²) in [5, 5.41) is 14.1. The lowest BCUT2D eigenvalue weighted by molar-refractivity contribution is -0.384. The molecule has 4 rings (SSSR count). The van der Waals surface area contributed by atoms with Crippen molar-refractivity contribution in [1.29, 1.82) is 0 Å². The van der Waals surface area contributed by atoms with Gasteiger partial charge in [0.1, 0.15) is 11.4 Å². The van der Waals surface area contributed by atoms with Crippen LogP contribution in [0.3, 0.4) is 0 Å². The molecule has 31 heavy (non-hydrogen) atoms. The molecular weight excluding hydrogens is 416 g/mol. The smallest absolute Gasteiger partial charge is 0.281 e. The van der Waals surface area contributed by atoms with E-state index >= 15 is 0 Å². The number of carbonyl (C=O) groups is 1. The predicted molar refractivity (Wildman–Crippen MR) is 121 cm³/mol. The lowest BCUT2D eigenvalue weighted by Gasteiger charge is -2.14. The van der Waals surface area contributed by atoms with Crippen molar-refractivity contribution in [2.24, 2.45) is 0 Å². The summed E-state index contributed by atoms with van der Waals surface area (Å²) in [4.78, 5) is 24.9. The molecule has 1 saturated heterocycles. The third kappa shape index (κ3) is 4.03. The maximum Gasteiger partial charge on any atom is 0.281 e. The van der Waals surface area contributed by atoms with Gasteiger partial charge in [-0.25, -0.2) is 0 Å². The number of anilines is 1. The van der Waals surface area contributed by atoms with Crippen LogP contribution in [0.4, 0.5) is 11.4 Å². The molecule has 1 amide bonds. The fourth-order valence-electron chi connectivity index (χ4n) is 3.26. The van der Waals surface area contributed by atoms with E-state index in [9.17, 15) is 14.9 Å². The van der Waals surface area contributed by atoms with Gasteiger partial charge in [0.15, 0.2) is 5.11 Å². The van der Waals surface area contributed by atoms with E-state index in [0.29, 0.717) is 23.7 Å². The number of hydrogen-bond acceptors (Lipinski definition) is 5. The Morgan fingerprint density at radius 1 is 1.10 bits per heavy atom. The fraction of sp³-hybridized carbons (Fsp3) is 0.0909. The molecule has 8 nitrogen and oxygen atoms in total. The molecule has 9 heteroatoms. The molecule has 2 heterocycles. The van der Waals surface area contributed by atoms with Crippen molar-refractivity contribution in [2.45, 2.75) is 6.92 Å². The average molecular weight is 434 g/mol. The second-order valence-electron chi connectivity index (χ2n) is 6.63. The summed E-state index contributed by atoms with van der Waals surface area (Å²) in [5.74, 6) is 0.444. The SMILES string of the molecule is CCOc1ccc(N2C(=O)/C(=C\c3cccn3-c3ccc([N+](=O)[O-])cc3)NC2=S)cc1. The molecule has 0 aliphatic carbocycles. The third-order valence-corrected chi connectivity index (χ3v) is 4.98. The van der Waals surface area contributed by atoms with Crippen LogP contribution in [0.1, 0.15) is 12.6 Å². The summed E-state index contributed by atoms with van der Waals surface area (Å²) >= 11 is 5.37. The number of carbonyl (C=O) groups excluding carboxylic acids is 1. The number of benzene rings is 2. The van der Waals surface area contributed by atoms with Gasteiger partial charge in [-0.05, 0) is 73.7 Å². The molecular formula is C22H18N4O4S. The normalized spacial score (nSPS) is 14.7. The van der Waals surface area contributed by atoms with Gasteiger partial charge in [-0.1, -0.05) is 0 Å². The van der Waals surface area contributed by atoms with Crippen LogP contribution >= 0.6 is 12.2 Å². The Kier molecular flexibility index (Phi) is 5.50. The molecule has 1 aromatic heterocycles. The minimum absolute atomic E-state index is 0.0137. The van der Waals surface area contributed by atoms with Crippen molar-refractivity contribution < 1.29 is 14.5 Å². The van der Waals surface area contributed by atoms with Gasteiger partial charge in [-0.3, -0.25) is 19.8 Å². The number of amides is 1. The summed E-state index contributed by atoms with van der Waals surface area (Å²) in [6.45, 7) is 2.46. The standard InChI is InChI=1S/C22H18N4O4S/c1-2-30-19-11-9-16(10-12-19)25-21(27)20(23-22(25)31)14-18-4-3-13-24(18)15-5-7-17(8-6-15)26(28)29/h3-14H,2H2,1H3,(H,23,31)/b20-14+. The number of rotatable bonds is 6. The molecule has 0 radical (unpaired) electrons.